The van der Waals surface area contributed by atoms with E-state index in [1.807, 2.05) is 62.7 Å². The molecule has 0 radical (unpaired) electrons. The standard InChI is InChI=1S/C20H23N3O3S/c1-20(2,3)17(16-10-13(11-27-16)18(24)22-26)21-19(25)15-9-12-7-5-6-8-14(12)23(15)4/h5-11,17,26H,1-4H3,(H,21,25)(H,22,24)/t17-/m1/s1. The molecule has 0 bridgehead atoms. The Morgan fingerprint density at radius 2 is 1.85 bits per heavy atom. The lowest BCUT2D eigenvalue weighted by atomic mass is 9.85. The summed E-state index contributed by atoms with van der Waals surface area (Å²) in [5.74, 6) is -0.736. The van der Waals surface area contributed by atoms with Crippen LogP contribution in [0.1, 0.15) is 52.5 Å². The number of hydrogen-bond acceptors (Lipinski definition) is 4. The number of carbonyl (C=O) groups is 2. The number of nitrogens with one attached hydrogen (secondary N) is 2. The number of hydroxylamine groups is 1. The van der Waals surface area contributed by atoms with Crippen molar-refractivity contribution in [2.75, 3.05) is 0 Å². The lowest BCUT2D eigenvalue weighted by Crippen LogP contribution is -2.37. The Labute approximate surface area is 161 Å². The SMILES string of the molecule is Cn1c(C(=O)N[C@H](c2cc(C(=O)NO)cs2)C(C)(C)C)cc2ccccc21. The topological polar surface area (TPSA) is 83.4 Å². The third-order valence-electron chi connectivity index (χ3n) is 4.59. The summed E-state index contributed by atoms with van der Waals surface area (Å²) in [6.07, 6.45) is 0. The highest BCUT2D eigenvalue weighted by Crippen LogP contribution is 2.36. The van der Waals surface area contributed by atoms with Gasteiger partial charge < -0.3 is 9.88 Å². The molecule has 142 valence electrons. The quantitative estimate of drug-likeness (QED) is 0.471. The summed E-state index contributed by atoms with van der Waals surface area (Å²) < 4.78 is 1.88. The molecule has 2 heterocycles. The Balaban J connectivity index is 1.92. The van der Waals surface area contributed by atoms with Gasteiger partial charge in [0.15, 0.2) is 0 Å². The first-order valence-corrected chi connectivity index (χ1v) is 9.48. The number of hydrogen-bond donors (Lipinski definition) is 3. The number of aromatic nitrogens is 1. The first-order valence-electron chi connectivity index (χ1n) is 8.60. The monoisotopic (exact) mass is 385 g/mol. The molecule has 3 aromatic rings. The number of carbonyl (C=O) groups excluding carboxylic acids is 2. The average molecular weight is 385 g/mol. The number of nitrogens with zero attached hydrogens (tertiary/aromatic N) is 1. The van der Waals surface area contributed by atoms with Gasteiger partial charge in [0.2, 0.25) is 0 Å². The number of fused-ring (bicyclic) bond motifs is 1. The maximum Gasteiger partial charge on any atom is 0.275 e. The van der Waals surface area contributed by atoms with Crippen molar-refractivity contribution >= 4 is 34.1 Å². The molecule has 0 aliphatic carbocycles. The van der Waals surface area contributed by atoms with Crippen LogP contribution >= 0.6 is 11.3 Å². The second kappa shape index (κ2) is 7.17. The van der Waals surface area contributed by atoms with E-state index < -0.39 is 5.91 Å². The Morgan fingerprint density at radius 1 is 1.15 bits per heavy atom. The van der Waals surface area contributed by atoms with Gasteiger partial charge in [0.05, 0.1) is 11.6 Å². The molecule has 3 rings (SSSR count). The third kappa shape index (κ3) is 3.74. The van der Waals surface area contributed by atoms with Crippen molar-refractivity contribution in [1.82, 2.24) is 15.4 Å². The zero-order valence-electron chi connectivity index (χ0n) is 15.7. The molecule has 2 aromatic heterocycles. The average Bonchev–Trinajstić information content (AvgIpc) is 3.23. The number of para-hydroxylation sites is 1. The third-order valence-corrected chi connectivity index (χ3v) is 5.59. The summed E-state index contributed by atoms with van der Waals surface area (Å²) in [6, 6.07) is 11.1. The van der Waals surface area contributed by atoms with Crippen molar-refractivity contribution in [3.8, 4) is 0 Å². The lowest BCUT2D eigenvalue weighted by Gasteiger charge is -2.30. The predicted octanol–water partition coefficient (Wildman–Crippen LogP) is 3.88. The Bertz CT molecular complexity index is 997. The minimum Gasteiger partial charge on any atom is -0.343 e. The van der Waals surface area contributed by atoms with E-state index in [2.05, 4.69) is 5.32 Å². The summed E-state index contributed by atoms with van der Waals surface area (Å²) in [5.41, 5.74) is 3.31. The second-order valence-electron chi connectivity index (χ2n) is 7.60. The van der Waals surface area contributed by atoms with Gasteiger partial charge in [-0.3, -0.25) is 14.8 Å². The molecule has 0 spiro atoms. The number of benzene rings is 1. The lowest BCUT2D eigenvalue weighted by molar-refractivity contribution is 0.0706. The molecule has 0 aliphatic rings. The van der Waals surface area contributed by atoms with Gasteiger partial charge in [0.25, 0.3) is 11.8 Å². The number of thiophene rings is 1. The van der Waals surface area contributed by atoms with Crippen LogP contribution in [0.3, 0.4) is 0 Å². The van der Waals surface area contributed by atoms with Crippen LogP contribution in [0.2, 0.25) is 0 Å². The molecule has 0 aliphatic heterocycles. The predicted molar refractivity (Wildman–Crippen MR) is 106 cm³/mol. The zero-order valence-corrected chi connectivity index (χ0v) is 16.6. The highest BCUT2D eigenvalue weighted by atomic mass is 32.1. The molecule has 6 nitrogen and oxygen atoms in total. The van der Waals surface area contributed by atoms with Crippen LogP contribution in [-0.2, 0) is 7.05 Å². The fraction of sp³-hybridized carbons (Fsp3) is 0.300. The number of rotatable bonds is 4. The van der Waals surface area contributed by atoms with Crippen LogP contribution in [0.4, 0.5) is 0 Å². The van der Waals surface area contributed by atoms with Crippen LogP contribution in [-0.4, -0.2) is 21.6 Å². The molecule has 27 heavy (non-hydrogen) atoms. The summed E-state index contributed by atoms with van der Waals surface area (Å²) in [4.78, 5) is 25.5. The normalized spacial score (nSPS) is 12.8. The van der Waals surface area contributed by atoms with E-state index in [-0.39, 0.29) is 17.4 Å². The second-order valence-corrected chi connectivity index (χ2v) is 8.54. The molecular weight excluding hydrogens is 362 g/mol. The number of amides is 2. The highest BCUT2D eigenvalue weighted by molar-refractivity contribution is 7.10. The summed E-state index contributed by atoms with van der Waals surface area (Å²) >= 11 is 1.38. The molecule has 7 heteroatoms. The van der Waals surface area contributed by atoms with Gasteiger partial charge in [0.1, 0.15) is 5.69 Å². The van der Waals surface area contributed by atoms with Crippen molar-refractivity contribution < 1.29 is 14.8 Å². The van der Waals surface area contributed by atoms with E-state index in [1.165, 1.54) is 11.3 Å². The molecule has 0 saturated heterocycles. The van der Waals surface area contributed by atoms with Crippen LogP contribution in [0.5, 0.6) is 0 Å². The van der Waals surface area contributed by atoms with Gasteiger partial charge in [-0.2, -0.15) is 0 Å². The molecule has 0 fully saturated rings. The summed E-state index contributed by atoms with van der Waals surface area (Å²) in [7, 11) is 1.87. The largest absolute Gasteiger partial charge is 0.343 e. The van der Waals surface area contributed by atoms with Gasteiger partial charge in [-0.1, -0.05) is 39.0 Å². The van der Waals surface area contributed by atoms with Crippen molar-refractivity contribution in [2.24, 2.45) is 12.5 Å². The fourth-order valence-electron chi connectivity index (χ4n) is 3.11. The molecule has 0 unspecified atom stereocenters. The molecule has 1 atom stereocenters. The fourth-order valence-corrected chi connectivity index (χ4v) is 4.30. The first-order chi connectivity index (χ1) is 12.7. The first kappa shape index (κ1) is 19.1. The highest BCUT2D eigenvalue weighted by Gasteiger charge is 2.30. The van der Waals surface area contributed by atoms with E-state index >= 15 is 0 Å². The van der Waals surface area contributed by atoms with Crippen LogP contribution < -0.4 is 10.8 Å². The molecular formula is C20H23N3O3S. The molecule has 1 aromatic carbocycles. The molecule has 0 saturated carbocycles. The molecule has 2 amide bonds. The summed E-state index contributed by atoms with van der Waals surface area (Å²) in [6.45, 7) is 6.10. The zero-order chi connectivity index (χ0) is 19.8. The van der Waals surface area contributed by atoms with E-state index in [9.17, 15) is 9.59 Å². The van der Waals surface area contributed by atoms with E-state index in [4.69, 9.17) is 5.21 Å². The minimum atomic E-state index is -0.565. The van der Waals surface area contributed by atoms with Crippen LogP contribution in [0, 0.1) is 5.41 Å². The maximum atomic E-state index is 13.0. The van der Waals surface area contributed by atoms with Crippen molar-refractivity contribution in [2.45, 2.75) is 26.8 Å². The van der Waals surface area contributed by atoms with E-state index in [1.54, 1.807) is 16.9 Å². The Hall–Kier alpha value is -2.64. The van der Waals surface area contributed by atoms with Crippen molar-refractivity contribution in [3.05, 3.63) is 57.9 Å². The molecule has 3 N–H and O–H groups in total. The van der Waals surface area contributed by atoms with Crippen LogP contribution in [0.25, 0.3) is 10.9 Å². The van der Waals surface area contributed by atoms with Crippen molar-refractivity contribution in [1.29, 1.82) is 0 Å². The Kier molecular flexibility index (Phi) is 5.08. The smallest absolute Gasteiger partial charge is 0.275 e. The maximum absolute atomic E-state index is 13.0. The Morgan fingerprint density at radius 3 is 2.48 bits per heavy atom. The van der Waals surface area contributed by atoms with Gasteiger partial charge in [-0.25, -0.2) is 5.48 Å². The van der Waals surface area contributed by atoms with Crippen LogP contribution in [0.15, 0.2) is 41.8 Å². The van der Waals surface area contributed by atoms with E-state index in [0.717, 1.165) is 15.8 Å². The van der Waals surface area contributed by atoms with E-state index in [0.29, 0.717) is 11.3 Å². The van der Waals surface area contributed by atoms with Gasteiger partial charge in [0, 0.05) is 28.2 Å². The van der Waals surface area contributed by atoms with Crippen molar-refractivity contribution in [3.63, 3.8) is 0 Å². The minimum absolute atomic E-state index is 0.171. The number of aryl methyl sites for hydroxylation is 1. The van der Waals surface area contributed by atoms with Gasteiger partial charge in [-0.05, 0) is 23.6 Å². The van der Waals surface area contributed by atoms with Gasteiger partial charge >= 0.3 is 0 Å². The summed E-state index contributed by atoms with van der Waals surface area (Å²) in [5, 5.41) is 14.6. The van der Waals surface area contributed by atoms with Gasteiger partial charge in [-0.15, -0.1) is 11.3 Å².